The van der Waals surface area contributed by atoms with Gasteiger partial charge in [0.15, 0.2) is 5.65 Å². The molecule has 5 nitrogen and oxygen atoms in total. The maximum Gasteiger partial charge on any atom is 0.207 e. The van der Waals surface area contributed by atoms with E-state index < -0.39 is 0 Å². The van der Waals surface area contributed by atoms with Gasteiger partial charge in [0.05, 0.1) is 5.52 Å². The normalized spacial score (nSPS) is 20.9. The van der Waals surface area contributed by atoms with Crippen molar-refractivity contribution in [1.82, 2.24) is 14.5 Å². The number of nitrogens with two attached hydrogens (primary N) is 1. The smallest absolute Gasteiger partial charge is 0.207 e. The van der Waals surface area contributed by atoms with Gasteiger partial charge in [-0.15, -0.1) is 0 Å². The van der Waals surface area contributed by atoms with Crippen LogP contribution in [-0.2, 0) is 7.05 Å². The lowest BCUT2D eigenvalue weighted by atomic mass is 10.3. The topological polar surface area (TPSA) is 60.0 Å². The Kier molecular flexibility index (Phi) is 2.07. The van der Waals surface area contributed by atoms with Crippen molar-refractivity contribution < 1.29 is 0 Å². The molecule has 1 aliphatic heterocycles. The molecule has 1 saturated heterocycles. The number of rotatable bonds is 1. The van der Waals surface area contributed by atoms with E-state index in [1.165, 1.54) is 0 Å². The summed E-state index contributed by atoms with van der Waals surface area (Å²) < 4.78 is 2.08. The van der Waals surface area contributed by atoms with E-state index in [0.29, 0.717) is 0 Å². The monoisotopic (exact) mass is 217 g/mol. The molecule has 1 fully saturated rings. The zero-order valence-corrected chi connectivity index (χ0v) is 9.30. The van der Waals surface area contributed by atoms with E-state index in [9.17, 15) is 0 Å². The Balaban J connectivity index is 2.07. The van der Waals surface area contributed by atoms with E-state index in [1.54, 1.807) is 6.20 Å². The highest BCUT2D eigenvalue weighted by molar-refractivity contribution is 5.74. The minimum Gasteiger partial charge on any atom is -0.341 e. The first-order chi connectivity index (χ1) is 7.75. The van der Waals surface area contributed by atoms with Crippen LogP contribution in [0.4, 0.5) is 5.95 Å². The number of aromatic nitrogens is 3. The van der Waals surface area contributed by atoms with Gasteiger partial charge in [0, 0.05) is 32.4 Å². The van der Waals surface area contributed by atoms with Crippen LogP contribution in [0.15, 0.2) is 18.3 Å². The van der Waals surface area contributed by atoms with Gasteiger partial charge in [0.25, 0.3) is 0 Å². The van der Waals surface area contributed by atoms with Gasteiger partial charge in [-0.2, -0.15) is 4.98 Å². The summed E-state index contributed by atoms with van der Waals surface area (Å²) in [6.07, 6.45) is 2.81. The van der Waals surface area contributed by atoms with Gasteiger partial charge in [0.1, 0.15) is 0 Å². The van der Waals surface area contributed by atoms with E-state index in [0.717, 1.165) is 36.6 Å². The molecule has 1 aliphatic rings. The summed E-state index contributed by atoms with van der Waals surface area (Å²) in [6.45, 7) is 1.87. The number of aryl methyl sites for hydroxylation is 1. The van der Waals surface area contributed by atoms with Gasteiger partial charge in [0.2, 0.25) is 5.95 Å². The summed E-state index contributed by atoms with van der Waals surface area (Å²) in [5, 5.41) is 0. The first-order valence-corrected chi connectivity index (χ1v) is 5.53. The molecule has 0 radical (unpaired) electrons. The number of fused-ring (bicyclic) bond motifs is 1. The molecule has 0 spiro atoms. The van der Waals surface area contributed by atoms with Gasteiger partial charge in [-0.3, -0.25) is 0 Å². The highest BCUT2D eigenvalue weighted by Gasteiger charge is 2.23. The minimum atomic E-state index is 0.271. The van der Waals surface area contributed by atoms with Gasteiger partial charge < -0.3 is 15.2 Å². The van der Waals surface area contributed by atoms with Crippen molar-refractivity contribution in [1.29, 1.82) is 0 Å². The molecule has 0 amide bonds. The third-order valence-electron chi connectivity index (χ3n) is 3.14. The van der Waals surface area contributed by atoms with Crippen LogP contribution >= 0.6 is 0 Å². The first kappa shape index (κ1) is 9.59. The molecule has 2 aromatic heterocycles. The second-order valence-electron chi connectivity index (χ2n) is 4.31. The molecule has 0 aromatic carbocycles. The van der Waals surface area contributed by atoms with E-state index in [4.69, 9.17) is 5.73 Å². The SMILES string of the molecule is Cn1c(N2CCC(N)C2)nc2ncccc21. The number of hydrogen-bond donors (Lipinski definition) is 1. The van der Waals surface area contributed by atoms with Crippen LogP contribution < -0.4 is 10.6 Å². The predicted octanol–water partition coefficient (Wildman–Crippen LogP) is 0.506. The predicted molar refractivity (Wildman–Crippen MR) is 63.3 cm³/mol. The summed E-state index contributed by atoms with van der Waals surface area (Å²) in [5.74, 6) is 0.974. The van der Waals surface area contributed by atoms with E-state index in [1.807, 2.05) is 19.2 Å². The molecule has 16 heavy (non-hydrogen) atoms. The Morgan fingerprint density at radius 2 is 2.38 bits per heavy atom. The standard InChI is InChI=1S/C11H15N5/c1-15-9-3-2-5-13-10(9)14-11(15)16-6-4-8(12)7-16/h2-3,5,8H,4,6-7,12H2,1H3. The fraction of sp³-hybridized carbons (Fsp3) is 0.455. The second kappa shape index (κ2) is 3.45. The maximum absolute atomic E-state index is 5.91. The molecule has 0 saturated carbocycles. The molecule has 84 valence electrons. The number of anilines is 1. The van der Waals surface area contributed by atoms with Crippen molar-refractivity contribution in [3.63, 3.8) is 0 Å². The molecule has 1 atom stereocenters. The van der Waals surface area contributed by atoms with E-state index >= 15 is 0 Å². The van der Waals surface area contributed by atoms with Crippen LogP contribution in [0.3, 0.4) is 0 Å². The number of pyridine rings is 1. The average molecular weight is 217 g/mol. The zero-order valence-electron chi connectivity index (χ0n) is 9.30. The largest absolute Gasteiger partial charge is 0.341 e. The fourth-order valence-corrected chi connectivity index (χ4v) is 2.27. The van der Waals surface area contributed by atoms with Crippen molar-refractivity contribution in [3.8, 4) is 0 Å². The number of hydrogen-bond acceptors (Lipinski definition) is 4. The van der Waals surface area contributed by atoms with Crippen LogP contribution in [0.2, 0.25) is 0 Å². The number of imidazole rings is 1. The van der Waals surface area contributed by atoms with Gasteiger partial charge >= 0.3 is 0 Å². The average Bonchev–Trinajstić information content (AvgIpc) is 2.84. The fourth-order valence-electron chi connectivity index (χ4n) is 2.27. The minimum absolute atomic E-state index is 0.271. The Morgan fingerprint density at radius 3 is 3.06 bits per heavy atom. The summed E-state index contributed by atoms with van der Waals surface area (Å²) in [6, 6.07) is 4.24. The highest BCUT2D eigenvalue weighted by Crippen LogP contribution is 2.22. The molecule has 0 aliphatic carbocycles. The molecular weight excluding hydrogens is 202 g/mol. The lowest BCUT2D eigenvalue weighted by Crippen LogP contribution is -2.28. The van der Waals surface area contributed by atoms with Crippen molar-refractivity contribution >= 4 is 17.1 Å². The van der Waals surface area contributed by atoms with Crippen LogP contribution in [0, 0.1) is 0 Å². The van der Waals surface area contributed by atoms with Crippen molar-refractivity contribution in [3.05, 3.63) is 18.3 Å². The molecule has 5 heteroatoms. The van der Waals surface area contributed by atoms with Crippen molar-refractivity contribution in [2.24, 2.45) is 12.8 Å². The number of nitrogens with zero attached hydrogens (tertiary/aromatic N) is 4. The molecule has 0 bridgehead atoms. The van der Waals surface area contributed by atoms with Crippen LogP contribution in [0.1, 0.15) is 6.42 Å². The molecule has 3 heterocycles. The second-order valence-corrected chi connectivity index (χ2v) is 4.31. The molecule has 2 N–H and O–H groups in total. The maximum atomic E-state index is 5.91. The van der Waals surface area contributed by atoms with Crippen LogP contribution in [0.25, 0.3) is 11.2 Å². The first-order valence-electron chi connectivity index (χ1n) is 5.53. The van der Waals surface area contributed by atoms with Crippen LogP contribution in [0.5, 0.6) is 0 Å². The summed E-state index contributed by atoms with van der Waals surface area (Å²) >= 11 is 0. The Hall–Kier alpha value is -1.62. The Labute approximate surface area is 93.9 Å². The Bertz CT molecular complexity index is 518. The van der Waals surface area contributed by atoms with Gasteiger partial charge in [-0.25, -0.2) is 4.98 Å². The van der Waals surface area contributed by atoms with Gasteiger partial charge in [-0.05, 0) is 18.6 Å². The third-order valence-corrected chi connectivity index (χ3v) is 3.14. The quantitative estimate of drug-likeness (QED) is 0.756. The van der Waals surface area contributed by atoms with Crippen LogP contribution in [-0.4, -0.2) is 33.7 Å². The van der Waals surface area contributed by atoms with Gasteiger partial charge in [-0.1, -0.05) is 0 Å². The molecule has 1 unspecified atom stereocenters. The third kappa shape index (κ3) is 1.36. The molecule has 2 aromatic rings. The molecular formula is C11H15N5. The molecule has 3 rings (SSSR count). The van der Waals surface area contributed by atoms with Crippen molar-refractivity contribution in [2.75, 3.05) is 18.0 Å². The summed E-state index contributed by atoms with van der Waals surface area (Å²) in [7, 11) is 2.02. The lowest BCUT2D eigenvalue weighted by Gasteiger charge is -2.16. The summed E-state index contributed by atoms with van der Waals surface area (Å²) in [4.78, 5) is 11.0. The Morgan fingerprint density at radius 1 is 1.50 bits per heavy atom. The summed E-state index contributed by atoms with van der Waals surface area (Å²) in [5.41, 5.74) is 7.79. The zero-order chi connectivity index (χ0) is 11.1. The van der Waals surface area contributed by atoms with Crippen molar-refractivity contribution in [2.45, 2.75) is 12.5 Å². The highest BCUT2D eigenvalue weighted by atomic mass is 15.3. The van der Waals surface area contributed by atoms with E-state index in [2.05, 4.69) is 19.4 Å². The van der Waals surface area contributed by atoms with E-state index in [-0.39, 0.29) is 6.04 Å². The lowest BCUT2D eigenvalue weighted by molar-refractivity contribution is 0.747.